The van der Waals surface area contributed by atoms with Gasteiger partial charge in [-0.05, 0) is 53.3 Å². The number of benzene rings is 1. The van der Waals surface area contributed by atoms with Crippen LogP contribution < -0.4 is 5.19 Å². The van der Waals surface area contributed by atoms with Gasteiger partial charge in [-0.1, -0.05) is 78.3 Å². The molecular weight excluding hydrogens is 551 g/mol. The van der Waals surface area contributed by atoms with Crippen LogP contribution in [0.2, 0.25) is 17.6 Å². The number of aryl methyl sites for hydroxylation is 1. The molecule has 4 rings (SSSR count). The van der Waals surface area contributed by atoms with Crippen LogP contribution in [0.3, 0.4) is 0 Å². The van der Waals surface area contributed by atoms with Gasteiger partial charge in [0.2, 0.25) is 0 Å². The Morgan fingerprint density at radius 2 is 1.44 bits per heavy atom. The zero-order chi connectivity index (χ0) is 24.7. The average molecular weight is 597 g/mol. The monoisotopic (exact) mass is 595 g/mol. The van der Waals surface area contributed by atoms with Crippen LogP contribution in [-0.2, 0) is 22.4 Å². The molecule has 0 amide bonds. The van der Waals surface area contributed by atoms with E-state index < -0.39 is 25.1 Å². The van der Waals surface area contributed by atoms with Gasteiger partial charge in [0.1, 0.15) is 5.75 Å². The third-order valence-electron chi connectivity index (χ3n) is 8.59. The van der Waals surface area contributed by atoms with Gasteiger partial charge in [-0.15, -0.1) is 0 Å². The van der Waals surface area contributed by atoms with E-state index in [9.17, 15) is 5.11 Å². The van der Waals surface area contributed by atoms with Crippen LogP contribution in [0.4, 0.5) is 0 Å². The fraction of sp³-hybridized carbons (Fsp3) is 0.741. The summed E-state index contributed by atoms with van der Waals surface area (Å²) in [7, 11) is 7.88. The van der Waals surface area contributed by atoms with Crippen LogP contribution in [0, 0.1) is 26.2 Å². The summed E-state index contributed by atoms with van der Waals surface area (Å²) in [5.41, 5.74) is 3.26. The normalized spacial score (nSPS) is 32.4. The standard InChI is InChI=1S/C26H42OS2Si.CH3.2ClH.Ti/c1-9-30(10-2,21-12-15(3)11-20(22(21)27)26(6,7)8)25-23-18(13-16(4)28-23)19-14-17(5)29-24(19)25;;;;/h11-12,16-19,23-25,27H,9-10,13-14H2,1-8H3;1H3;2*1H;/q;-1;;;+2/p-2. The molecule has 0 spiro atoms. The molecule has 1 nitrogen and oxygen atoms in total. The Morgan fingerprint density at radius 1 is 1.00 bits per heavy atom. The number of aromatic hydroxyl groups is 1. The van der Waals surface area contributed by atoms with Crippen LogP contribution in [0.25, 0.3) is 0 Å². The minimum atomic E-state index is -1.90. The summed E-state index contributed by atoms with van der Waals surface area (Å²) in [5, 5.41) is 16.4. The van der Waals surface area contributed by atoms with E-state index in [1.807, 2.05) is 0 Å². The molecule has 1 N–H and O–H groups in total. The van der Waals surface area contributed by atoms with Crippen molar-refractivity contribution in [2.45, 2.75) is 112 Å². The summed E-state index contributed by atoms with van der Waals surface area (Å²) in [6.07, 6.45) is 2.84. The summed E-state index contributed by atoms with van der Waals surface area (Å²) < 4.78 is 0. The van der Waals surface area contributed by atoms with Gasteiger partial charge in [-0.25, -0.2) is 0 Å². The third-order valence-corrected chi connectivity index (χ3v) is 18.3. The fourth-order valence-corrected chi connectivity index (χ4v) is 18.3. The molecule has 34 heavy (non-hydrogen) atoms. The van der Waals surface area contributed by atoms with Crippen molar-refractivity contribution in [1.29, 1.82) is 0 Å². The summed E-state index contributed by atoms with van der Waals surface area (Å²) in [6, 6.07) is 7.15. The number of hydrogen-bond donors (Lipinski definition) is 1. The van der Waals surface area contributed by atoms with Crippen molar-refractivity contribution in [1.82, 2.24) is 0 Å². The molecule has 3 aliphatic rings. The van der Waals surface area contributed by atoms with Gasteiger partial charge >= 0.3 is 35.6 Å². The molecule has 1 aliphatic carbocycles. The van der Waals surface area contributed by atoms with Crippen molar-refractivity contribution in [3.05, 3.63) is 30.7 Å². The Labute approximate surface area is 236 Å². The van der Waals surface area contributed by atoms with E-state index >= 15 is 0 Å². The zero-order valence-corrected chi connectivity index (χ0v) is 28.3. The molecule has 3 fully saturated rings. The molecule has 6 atom stereocenters. The molecular formula is C27H45Cl2OS2SiTi-. The third kappa shape index (κ3) is 5.79. The van der Waals surface area contributed by atoms with Crippen molar-refractivity contribution in [3.8, 4) is 5.75 Å². The van der Waals surface area contributed by atoms with Gasteiger partial charge in [-0.3, -0.25) is 0 Å². The Bertz CT molecular complexity index is 806. The first-order chi connectivity index (χ1) is 15.4. The second-order valence-corrected chi connectivity index (χ2v) is 22.3. The van der Waals surface area contributed by atoms with Gasteiger partial charge < -0.3 is 12.5 Å². The van der Waals surface area contributed by atoms with E-state index in [2.05, 4.69) is 91.0 Å². The van der Waals surface area contributed by atoms with Gasteiger partial charge in [0.25, 0.3) is 0 Å². The molecule has 1 aromatic carbocycles. The topological polar surface area (TPSA) is 20.2 Å². The molecule has 2 saturated heterocycles. The molecule has 2 heterocycles. The van der Waals surface area contributed by atoms with Crippen molar-refractivity contribution >= 4 is 55.4 Å². The Kier molecular flexibility index (Phi) is 11.5. The summed E-state index contributed by atoms with van der Waals surface area (Å²) in [4.78, 5) is 0. The number of thioether (sulfide) groups is 2. The molecule has 0 bridgehead atoms. The Balaban J connectivity index is 0.000000970. The van der Waals surface area contributed by atoms with Gasteiger partial charge in [0.05, 0.1) is 8.07 Å². The van der Waals surface area contributed by atoms with Crippen molar-refractivity contribution < 1.29 is 22.1 Å². The fourth-order valence-electron chi connectivity index (χ4n) is 7.25. The van der Waals surface area contributed by atoms with E-state index in [-0.39, 0.29) is 12.8 Å². The van der Waals surface area contributed by atoms with E-state index in [1.54, 1.807) is 0 Å². The van der Waals surface area contributed by atoms with Crippen LogP contribution >= 0.6 is 42.1 Å². The Morgan fingerprint density at radius 3 is 1.82 bits per heavy atom. The predicted octanol–water partition coefficient (Wildman–Crippen LogP) is 8.92. The molecule has 0 aromatic heterocycles. The molecule has 7 heteroatoms. The van der Waals surface area contributed by atoms with E-state index in [0.29, 0.717) is 5.75 Å². The van der Waals surface area contributed by atoms with Gasteiger partial charge in [-0.2, -0.15) is 23.5 Å². The van der Waals surface area contributed by atoms with Crippen LogP contribution in [0.5, 0.6) is 5.75 Å². The first kappa shape index (κ1) is 31.4. The van der Waals surface area contributed by atoms with Crippen LogP contribution in [0.1, 0.15) is 72.4 Å². The first-order valence-electron chi connectivity index (χ1n) is 12.6. The molecule has 2 aliphatic heterocycles. The summed E-state index contributed by atoms with van der Waals surface area (Å²) in [6.45, 7) is 18.8. The minimum absolute atomic E-state index is 0. The molecule has 6 unspecified atom stereocenters. The zero-order valence-electron chi connectivity index (χ0n) is 22.5. The number of phenols is 1. The van der Waals surface area contributed by atoms with Crippen molar-refractivity contribution in [3.63, 3.8) is 0 Å². The number of fused-ring (bicyclic) bond motifs is 3. The number of hydrogen-bond acceptors (Lipinski definition) is 3. The quantitative estimate of drug-likeness (QED) is 0.277. The second kappa shape index (κ2) is 12.4. The predicted molar refractivity (Wildman–Crippen MR) is 158 cm³/mol. The number of phenolic OH excluding ortho intramolecular Hbond substituents is 1. The molecule has 194 valence electrons. The summed E-state index contributed by atoms with van der Waals surface area (Å²) >= 11 is 4.07. The van der Waals surface area contributed by atoms with E-state index in [1.165, 1.54) is 35.7 Å². The molecule has 1 aromatic rings. The SMILES string of the molecule is CC[Si](CC)(c1cc(C)cc(C(C)(C)C)c1O)C1C2SC(C)CC2C2CC(C)SC21.[CH3-].[Cl][Ti][Cl]. The second-order valence-electron chi connectivity index (χ2n) is 11.5. The van der Waals surface area contributed by atoms with Crippen LogP contribution in [-0.4, -0.2) is 34.2 Å². The first-order valence-corrected chi connectivity index (χ1v) is 21.2. The Hall–Kier alpha value is 1.23. The van der Waals surface area contributed by atoms with E-state index in [4.69, 9.17) is 18.6 Å². The maximum atomic E-state index is 11.7. The van der Waals surface area contributed by atoms with Crippen LogP contribution in [0.15, 0.2) is 12.1 Å². The average Bonchev–Trinajstić information content (AvgIpc) is 3.36. The molecule has 1 saturated carbocycles. The van der Waals surface area contributed by atoms with Crippen molar-refractivity contribution in [2.24, 2.45) is 11.8 Å². The summed E-state index contributed by atoms with van der Waals surface area (Å²) in [5.74, 6) is 2.48. The van der Waals surface area contributed by atoms with E-state index in [0.717, 1.165) is 43.9 Å². The van der Waals surface area contributed by atoms with Gasteiger partial charge in [0, 0.05) is 21.0 Å². The van der Waals surface area contributed by atoms with Crippen molar-refractivity contribution in [2.75, 3.05) is 0 Å². The van der Waals surface area contributed by atoms with Gasteiger partial charge in [0.15, 0.2) is 0 Å². The number of halogens is 2. The number of rotatable bonds is 4. The molecule has 0 radical (unpaired) electrons. The maximum absolute atomic E-state index is 11.7.